The number of ether oxygens (including phenoxy) is 1. The largest absolute Gasteiger partial charge is 0.371 e. The second kappa shape index (κ2) is 4.07. The molecule has 1 fully saturated rings. The van der Waals surface area contributed by atoms with Gasteiger partial charge in [0.15, 0.2) is 0 Å². The van der Waals surface area contributed by atoms with E-state index < -0.39 is 0 Å². The van der Waals surface area contributed by atoms with Crippen LogP contribution in [0.5, 0.6) is 0 Å². The number of nitrogens with one attached hydrogen (secondary N) is 1. The van der Waals surface area contributed by atoms with Crippen molar-refractivity contribution in [1.82, 2.24) is 5.32 Å². The number of aryl methyl sites for hydroxylation is 1. The Bertz CT molecular complexity index is 321. The van der Waals surface area contributed by atoms with Crippen LogP contribution >= 0.6 is 0 Å². The molecule has 0 radical (unpaired) electrons. The molecule has 1 aromatic rings. The third-order valence-corrected chi connectivity index (χ3v) is 2.50. The molecule has 1 N–H and O–H groups in total. The highest BCUT2D eigenvalue weighted by Gasteiger charge is 2.16. The lowest BCUT2D eigenvalue weighted by molar-refractivity contribution is 0.0275. The van der Waals surface area contributed by atoms with Gasteiger partial charge in [-0.3, -0.25) is 0 Å². The van der Waals surface area contributed by atoms with Crippen LogP contribution in [0.3, 0.4) is 0 Å². The fourth-order valence-corrected chi connectivity index (χ4v) is 1.59. The predicted octanol–water partition coefficient (Wildman–Crippen LogP) is 1.80. The van der Waals surface area contributed by atoms with E-state index >= 15 is 0 Å². The molecule has 2 rings (SSSR count). The molecular formula is C11H14FNO. The maximum Gasteiger partial charge on any atom is 0.126 e. The summed E-state index contributed by atoms with van der Waals surface area (Å²) < 4.78 is 18.8. The summed E-state index contributed by atoms with van der Waals surface area (Å²) in [6.45, 7) is 4.10. The Morgan fingerprint density at radius 1 is 1.50 bits per heavy atom. The molecule has 0 aromatic heterocycles. The Morgan fingerprint density at radius 2 is 2.36 bits per heavy atom. The van der Waals surface area contributed by atoms with Crippen molar-refractivity contribution < 1.29 is 9.13 Å². The summed E-state index contributed by atoms with van der Waals surface area (Å²) in [5, 5.41) is 3.22. The lowest BCUT2D eigenvalue weighted by Crippen LogP contribution is -2.33. The minimum absolute atomic E-state index is 0.00106. The Hall–Kier alpha value is -0.930. The number of halogens is 1. The van der Waals surface area contributed by atoms with E-state index in [1.165, 1.54) is 0 Å². The van der Waals surface area contributed by atoms with E-state index in [1.807, 2.05) is 6.07 Å². The number of rotatable bonds is 1. The molecule has 1 aliphatic rings. The van der Waals surface area contributed by atoms with Crippen LogP contribution in [-0.4, -0.2) is 19.7 Å². The molecule has 1 unspecified atom stereocenters. The topological polar surface area (TPSA) is 21.3 Å². The van der Waals surface area contributed by atoms with Gasteiger partial charge in [0.25, 0.3) is 0 Å². The maximum absolute atomic E-state index is 13.3. The molecule has 2 nitrogen and oxygen atoms in total. The zero-order valence-electron chi connectivity index (χ0n) is 8.22. The van der Waals surface area contributed by atoms with Crippen LogP contribution in [-0.2, 0) is 4.74 Å². The molecule has 14 heavy (non-hydrogen) atoms. The first kappa shape index (κ1) is 9.62. The number of morpholine rings is 1. The molecule has 1 atom stereocenters. The van der Waals surface area contributed by atoms with Crippen molar-refractivity contribution in [2.75, 3.05) is 19.7 Å². The molecule has 0 aliphatic carbocycles. The third kappa shape index (κ3) is 1.94. The van der Waals surface area contributed by atoms with Crippen LogP contribution in [0.2, 0.25) is 0 Å². The smallest absolute Gasteiger partial charge is 0.126 e. The van der Waals surface area contributed by atoms with Crippen molar-refractivity contribution in [1.29, 1.82) is 0 Å². The second-order valence-electron chi connectivity index (χ2n) is 3.57. The quantitative estimate of drug-likeness (QED) is 0.737. The molecule has 1 aliphatic heterocycles. The first-order chi connectivity index (χ1) is 6.77. The van der Waals surface area contributed by atoms with Crippen molar-refractivity contribution >= 4 is 0 Å². The van der Waals surface area contributed by atoms with E-state index in [1.54, 1.807) is 19.1 Å². The summed E-state index contributed by atoms with van der Waals surface area (Å²) >= 11 is 0. The molecule has 1 saturated heterocycles. The van der Waals surface area contributed by atoms with Gasteiger partial charge in [-0.15, -0.1) is 0 Å². The molecule has 0 saturated carbocycles. The predicted molar refractivity (Wildman–Crippen MR) is 52.7 cm³/mol. The zero-order chi connectivity index (χ0) is 9.97. The number of hydrogen-bond acceptors (Lipinski definition) is 2. The Morgan fingerprint density at radius 3 is 3.00 bits per heavy atom. The van der Waals surface area contributed by atoms with Gasteiger partial charge in [0.05, 0.1) is 12.7 Å². The molecule has 1 heterocycles. The Kier molecular flexibility index (Phi) is 2.79. The van der Waals surface area contributed by atoms with Crippen molar-refractivity contribution in [3.63, 3.8) is 0 Å². The molecule has 1 aromatic carbocycles. The fraction of sp³-hybridized carbons (Fsp3) is 0.455. The zero-order valence-corrected chi connectivity index (χ0v) is 8.22. The molecule has 0 amide bonds. The molecule has 0 spiro atoms. The van der Waals surface area contributed by atoms with Crippen LogP contribution in [0.4, 0.5) is 4.39 Å². The van der Waals surface area contributed by atoms with Gasteiger partial charge in [-0.2, -0.15) is 0 Å². The highest BCUT2D eigenvalue weighted by molar-refractivity contribution is 5.25. The van der Waals surface area contributed by atoms with E-state index in [-0.39, 0.29) is 11.9 Å². The Labute approximate surface area is 83.1 Å². The van der Waals surface area contributed by atoms with Crippen molar-refractivity contribution in [3.8, 4) is 0 Å². The summed E-state index contributed by atoms with van der Waals surface area (Å²) in [6.07, 6.45) is -0.00106. The van der Waals surface area contributed by atoms with Gasteiger partial charge in [-0.05, 0) is 24.1 Å². The van der Waals surface area contributed by atoms with Gasteiger partial charge >= 0.3 is 0 Å². The van der Waals surface area contributed by atoms with Crippen LogP contribution in [0, 0.1) is 12.7 Å². The van der Waals surface area contributed by atoms with Gasteiger partial charge in [-0.1, -0.05) is 12.1 Å². The lowest BCUT2D eigenvalue weighted by atomic mass is 10.1. The summed E-state index contributed by atoms with van der Waals surface area (Å²) in [4.78, 5) is 0. The molecule has 76 valence electrons. The molecule has 3 heteroatoms. The second-order valence-corrected chi connectivity index (χ2v) is 3.57. The average Bonchev–Trinajstić information content (AvgIpc) is 2.23. The van der Waals surface area contributed by atoms with Crippen LogP contribution in [0.25, 0.3) is 0 Å². The van der Waals surface area contributed by atoms with E-state index in [0.29, 0.717) is 12.2 Å². The average molecular weight is 195 g/mol. The van der Waals surface area contributed by atoms with Crippen molar-refractivity contribution in [2.24, 2.45) is 0 Å². The maximum atomic E-state index is 13.3. The van der Waals surface area contributed by atoms with E-state index in [4.69, 9.17) is 4.74 Å². The van der Waals surface area contributed by atoms with E-state index in [9.17, 15) is 4.39 Å². The Balaban J connectivity index is 2.18. The normalized spacial score (nSPS) is 22.3. The lowest BCUT2D eigenvalue weighted by Gasteiger charge is -2.24. The van der Waals surface area contributed by atoms with Crippen LogP contribution in [0.15, 0.2) is 18.2 Å². The molecular weight excluding hydrogens is 181 g/mol. The van der Waals surface area contributed by atoms with Crippen molar-refractivity contribution in [3.05, 3.63) is 35.1 Å². The summed E-state index contributed by atoms with van der Waals surface area (Å²) in [7, 11) is 0. The monoisotopic (exact) mass is 195 g/mol. The van der Waals surface area contributed by atoms with Crippen LogP contribution < -0.4 is 5.32 Å². The highest BCUT2D eigenvalue weighted by Crippen LogP contribution is 2.20. The van der Waals surface area contributed by atoms with Crippen LogP contribution in [0.1, 0.15) is 17.2 Å². The first-order valence-electron chi connectivity index (χ1n) is 4.86. The molecule has 0 bridgehead atoms. The van der Waals surface area contributed by atoms with E-state index in [0.717, 1.165) is 18.7 Å². The summed E-state index contributed by atoms with van der Waals surface area (Å²) in [5.41, 5.74) is 1.60. The highest BCUT2D eigenvalue weighted by atomic mass is 19.1. The number of hydrogen-bond donors (Lipinski definition) is 1. The standard InChI is InChI=1S/C11H14FNO/c1-8-2-3-9(6-10(8)12)11-7-13-4-5-14-11/h2-3,6,11,13H,4-5,7H2,1H3. The summed E-state index contributed by atoms with van der Waals surface area (Å²) in [6, 6.07) is 5.28. The number of benzene rings is 1. The minimum Gasteiger partial charge on any atom is -0.371 e. The SMILES string of the molecule is Cc1ccc(C2CNCCO2)cc1F. The van der Waals surface area contributed by atoms with Gasteiger partial charge in [0.2, 0.25) is 0 Å². The summed E-state index contributed by atoms with van der Waals surface area (Å²) in [5.74, 6) is -0.156. The van der Waals surface area contributed by atoms with Gasteiger partial charge in [0, 0.05) is 13.1 Å². The fourth-order valence-electron chi connectivity index (χ4n) is 1.59. The van der Waals surface area contributed by atoms with Gasteiger partial charge in [-0.25, -0.2) is 4.39 Å². The minimum atomic E-state index is -0.156. The third-order valence-electron chi connectivity index (χ3n) is 2.50. The first-order valence-corrected chi connectivity index (χ1v) is 4.86. The van der Waals surface area contributed by atoms with E-state index in [2.05, 4.69) is 5.32 Å². The van der Waals surface area contributed by atoms with Crippen molar-refractivity contribution in [2.45, 2.75) is 13.0 Å². The van der Waals surface area contributed by atoms with Gasteiger partial charge < -0.3 is 10.1 Å². The van der Waals surface area contributed by atoms with Gasteiger partial charge in [0.1, 0.15) is 5.82 Å².